The molecule has 1 atom stereocenters. The van der Waals surface area contributed by atoms with Crippen molar-refractivity contribution in [3.63, 3.8) is 0 Å². The highest BCUT2D eigenvalue weighted by atomic mass is 32.2. The first-order valence-corrected chi connectivity index (χ1v) is 9.47. The zero-order valence-electron chi connectivity index (χ0n) is 13.8. The van der Waals surface area contributed by atoms with Crippen molar-refractivity contribution in [2.75, 3.05) is 0 Å². The van der Waals surface area contributed by atoms with E-state index in [0.29, 0.717) is 0 Å². The monoisotopic (exact) mass is 322 g/mol. The summed E-state index contributed by atoms with van der Waals surface area (Å²) in [5, 5.41) is 9.99. The lowest BCUT2D eigenvalue weighted by molar-refractivity contribution is -0.112. The number of rotatable bonds is 12. The van der Waals surface area contributed by atoms with Gasteiger partial charge >= 0.3 is 0 Å². The Morgan fingerprint density at radius 3 is 2.23 bits per heavy atom. The summed E-state index contributed by atoms with van der Waals surface area (Å²) in [5.41, 5.74) is 0. The number of carbonyl (C=O) groups excluding carboxylic acids is 1. The predicted molar refractivity (Wildman–Crippen MR) is 95.2 cm³/mol. The van der Waals surface area contributed by atoms with Crippen molar-refractivity contribution in [1.82, 2.24) is 0 Å². The number of aliphatic hydroxyl groups is 1. The van der Waals surface area contributed by atoms with Crippen LogP contribution in [0, 0.1) is 0 Å². The van der Waals surface area contributed by atoms with E-state index in [1.807, 2.05) is 30.3 Å². The second-order valence-electron chi connectivity index (χ2n) is 5.91. The molecule has 0 saturated carbocycles. The third kappa shape index (κ3) is 10.0. The van der Waals surface area contributed by atoms with Crippen molar-refractivity contribution in [2.45, 2.75) is 82.1 Å². The van der Waals surface area contributed by atoms with Gasteiger partial charge in [-0.2, -0.15) is 0 Å². The molecule has 124 valence electrons. The highest BCUT2D eigenvalue weighted by molar-refractivity contribution is 8.13. The molecule has 0 bridgehead atoms. The van der Waals surface area contributed by atoms with E-state index in [9.17, 15) is 9.90 Å². The van der Waals surface area contributed by atoms with Crippen molar-refractivity contribution in [1.29, 1.82) is 0 Å². The van der Waals surface area contributed by atoms with E-state index in [2.05, 4.69) is 6.92 Å². The zero-order chi connectivity index (χ0) is 16.0. The van der Waals surface area contributed by atoms with Gasteiger partial charge in [0.05, 0.1) is 6.10 Å². The van der Waals surface area contributed by atoms with Gasteiger partial charge in [-0.1, -0.05) is 88.3 Å². The number of hydrogen-bond acceptors (Lipinski definition) is 3. The third-order valence-electron chi connectivity index (χ3n) is 3.77. The molecule has 0 aliphatic heterocycles. The molecule has 2 nitrogen and oxygen atoms in total. The fraction of sp³-hybridized carbons (Fsp3) is 0.632. The van der Waals surface area contributed by atoms with Gasteiger partial charge in [0.1, 0.15) is 0 Å². The number of hydrogen-bond donors (Lipinski definition) is 1. The first kappa shape index (κ1) is 19.2. The molecular formula is C19H30O2S. The molecule has 1 unspecified atom stereocenters. The molecule has 0 spiro atoms. The van der Waals surface area contributed by atoms with E-state index in [4.69, 9.17) is 0 Å². The van der Waals surface area contributed by atoms with Gasteiger partial charge in [0.2, 0.25) is 0 Å². The van der Waals surface area contributed by atoms with Crippen LogP contribution in [0.4, 0.5) is 0 Å². The van der Waals surface area contributed by atoms with Crippen molar-refractivity contribution < 1.29 is 9.90 Å². The molecule has 0 aliphatic carbocycles. The van der Waals surface area contributed by atoms with Gasteiger partial charge < -0.3 is 5.11 Å². The van der Waals surface area contributed by atoms with Gasteiger partial charge in [-0.05, 0) is 18.6 Å². The van der Waals surface area contributed by atoms with Crippen LogP contribution >= 0.6 is 11.8 Å². The summed E-state index contributed by atoms with van der Waals surface area (Å²) < 4.78 is 0. The van der Waals surface area contributed by atoms with E-state index in [1.54, 1.807) is 0 Å². The summed E-state index contributed by atoms with van der Waals surface area (Å²) in [7, 11) is 0. The number of carbonyl (C=O) groups is 1. The van der Waals surface area contributed by atoms with Gasteiger partial charge in [-0.15, -0.1) is 0 Å². The highest BCUT2D eigenvalue weighted by Gasteiger charge is 2.11. The molecule has 1 aromatic rings. The second-order valence-corrected chi connectivity index (χ2v) is 7.04. The maximum Gasteiger partial charge on any atom is 0.196 e. The highest BCUT2D eigenvalue weighted by Crippen LogP contribution is 2.21. The first-order chi connectivity index (χ1) is 10.7. The van der Waals surface area contributed by atoms with E-state index in [0.717, 1.165) is 17.7 Å². The van der Waals surface area contributed by atoms with Crippen LogP contribution in [-0.4, -0.2) is 16.3 Å². The second kappa shape index (κ2) is 12.7. The van der Waals surface area contributed by atoms with Crippen molar-refractivity contribution in [2.24, 2.45) is 0 Å². The summed E-state index contributed by atoms with van der Waals surface area (Å²) in [6.07, 6.45) is 10.6. The Morgan fingerprint density at radius 1 is 1.00 bits per heavy atom. The Labute approximate surface area is 139 Å². The standard InChI is InChI=1S/C19H30O2S/c1-2-3-4-5-6-7-8-10-13-17(20)16-19(21)22-18-14-11-9-12-15-18/h9,11-12,14-15,17,20H,2-8,10,13,16H2,1H3. The van der Waals surface area contributed by atoms with Gasteiger partial charge in [-0.3, -0.25) is 4.79 Å². The summed E-state index contributed by atoms with van der Waals surface area (Å²) in [5.74, 6) is 0. The number of benzene rings is 1. The predicted octanol–water partition coefficient (Wildman–Crippen LogP) is 5.59. The van der Waals surface area contributed by atoms with Gasteiger partial charge in [0, 0.05) is 11.3 Å². The smallest absolute Gasteiger partial charge is 0.196 e. The van der Waals surface area contributed by atoms with Gasteiger partial charge in [-0.25, -0.2) is 0 Å². The minimum absolute atomic E-state index is 0.0539. The minimum Gasteiger partial charge on any atom is -0.393 e. The molecule has 1 N–H and O–H groups in total. The van der Waals surface area contributed by atoms with Crippen LogP contribution in [0.25, 0.3) is 0 Å². The number of unbranched alkanes of at least 4 members (excludes halogenated alkanes) is 7. The molecule has 0 radical (unpaired) electrons. The third-order valence-corrected chi connectivity index (χ3v) is 4.67. The summed E-state index contributed by atoms with van der Waals surface area (Å²) in [6.45, 7) is 2.23. The van der Waals surface area contributed by atoms with E-state index in [1.165, 1.54) is 56.7 Å². The van der Waals surface area contributed by atoms with Crippen molar-refractivity contribution in [3.05, 3.63) is 30.3 Å². The fourth-order valence-electron chi connectivity index (χ4n) is 2.47. The quantitative estimate of drug-likeness (QED) is 0.403. The fourth-order valence-corrected chi connectivity index (χ4v) is 3.30. The molecule has 0 aromatic heterocycles. The molecule has 3 heteroatoms. The summed E-state index contributed by atoms with van der Waals surface area (Å²) in [4.78, 5) is 12.8. The first-order valence-electron chi connectivity index (χ1n) is 8.66. The molecule has 0 fully saturated rings. The van der Waals surface area contributed by atoms with Gasteiger partial charge in [0.15, 0.2) is 5.12 Å². The SMILES string of the molecule is CCCCCCCCCCC(O)CC(=O)Sc1ccccc1. The Kier molecular flexibility index (Phi) is 11.1. The lowest BCUT2D eigenvalue weighted by Crippen LogP contribution is -2.11. The topological polar surface area (TPSA) is 37.3 Å². The molecular weight excluding hydrogens is 292 g/mol. The van der Waals surface area contributed by atoms with E-state index < -0.39 is 6.10 Å². The minimum atomic E-state index is -0.483. The average Bonchev–Trinajstić information content (AvgIpc) is 2.50. The van der Waals surface area contributed by atoms with Crippen molar-refractivity contribution >= 4 is 16.9 Å². The maximum atomic E-state index is 11.9. The number of aliphatic hydroxyl groups excluding tert-OH is 1. The van der Waals surface area contributed by atoms with Crippen LogP contribution in [0.15, 0.2) is 35.2 Å². The van der Waals surface area contributed by atoms with Crippen LogP contribution in [0.3, 0.4) is 0 Å². The van der Waals surface area contributed by atoms with Crippen LogP contribution in [0.1, 0.15) is 71.1 Å². The van der Waals surface area contributed by atoms with Gasteiger partial charge in [0.25, 0.3) is 0 Å². The lowest BCUT2D eigenvalue weighted by atomic mass is 10.0. The van der Waals surface area contributed by atoms with Crippen LogP contribution in [-0.2, 0) is 4.79 Å². The zero-order valence-corrected chi connectivity index (χ0v) is 14.6. The normalized spacial score (nSPS) is 12.3. The molecule has 0 saturated heterocycles. The average molecular weight is 323 g/mol. The molecule has 1 aromatic carbocycles. The molecule has 0 amide bonds. The molecule has 0 heterocycles. The maximum absolute atomic E-state index is 11.9. The Hall–Kier alpha value is -0.800. The Morgan fingerprint density at radius 2 is 1.59 bits per heavy atom. The Bertz CT molecular complexity index is 392. The summed E-state index contributed by atoms with van der Waals surface area (Å²) >= 11 is 1.23. The number of thioether (sulfide) groups is 1. The van der Waals surface area contributed by atoms with E-state index >= 15 is 0 Å². The van der Waals surface area contributed by atoms with Crippen LogP contribution in [0.5, 0.6) is 0 Å². The molecule has 1 rings (SSSR count). The largest absolute Gasteiger partial charge is 0.393 e. The lowest BCUT2D eigenvalue weighted by Gasteiger charge is -2.09. The van der Waals surface area contributed by atoms with Crippen LogP contribution in [0.2, 0.25) is 0 Å². The molecule has 22 heavy (non-hydrogen) atoms. The van der Waals surface area contributed by atoms with Crippen molar-refractivity contribution in [3.8, 4) is 0 Å². The Balaban J connectivity index is 2.01. The van der Waals surface area contributed by atoms with E-state index in [-0.39, 0.29) is 11.5 Å². The molecule has 0 aliphatic rings. The van der Waals surface area contributed by atoms with Crippen LogP contribution < -0.4 is 0 Å². The summed E-state index contributed by atoms with van der Waals surface area (Å²) in [6, 6.07) is 9.63.